The lowest BCUT2D eigenvalue weighted by molar-refractivity contribution is -0.152. The van der Waals surface area contributed by atoms with E-state index in [1.54, 1.807) is 51.1 Å². The molecule has 9 nitrogen and oxygen atoms in total. The van der Waals surface area contributed by atoms with E-state index in [0.717, 1.165) is 0 Å². The summed E-state index contributed by atoms with van der Waals surface area (Å²) in [6, 6.07) is 7.75. The first-order valence-electron chi connectivity index (χ1n) is 11.5. The van der Waals surface area contributed by atoms with Crippen molar-refractivity contribution >= 4 is 76.1 Å². The van der Waals surface area contributed by atoms with Crippen molar-refractivity contribution in [3.8, 4) is 0 Å². The quantitative estimate of drug-likeness (QED) is 0.271. The van der Waals surface area contributed by atoms with Crippen molar-refractivity contribution in [3.05, 3.63) is 41.6 Å². The number of β-lactam (4-membered cyclic amide) rings is 1. The van der Waals surface area contributed by atoms with Gasteiger partial charge in [0.25, 0.3) is 5.91 Å². The number of carbonyl (C=O) groups is 4. The molecule has 1 fully saturated rings. The van der Waals surface area contributed by atoms with Crippen LogP contribution in [0.3, 0.4) is 0 Å². The molecule has 2 aliphatic rings. The maximum atomic E-state index is 13.0. The van der Waals surface area contributed by atoms with E-state index in [0.29, 0.717) is 23.4 Å². The smallest absolute Gasteiger partial charge is 0.415 e. The van der Waals surface area contributed by atoms with Crippen LogP contribution in [0.2, 0.25) is 0 Å². The number of alkyl halides is 3. The summed E-state index contributed by atoms with van der Waals surface area (Å²) in [6.07, 6.45) is -0.0996. The monoisotopic (exact) mass is 591 g/mol. The molecule has 1 N–H and O–H groups in total. The number of thioether (sulfide) groups is 1. The van der Waals surface area contributed by atoms with E-state index >= 15 is 0 Å². The first-order valence-corrected chi connectivity index (χ1v) is 13.7. The van der Waals surface area contributed by atoms with Crippen molar-refractivity contribution in [2.45, 2.75) is 54.9 Å². The molecule has 0 aromatic heterocycles. The zero-order valence-corrected chi connectivity index (χ0v) is 23.8. The van der Waals surface area contributed by atoms with Gasteiger partial charge in [-0.15, -0.1) is 11.8 Å². The van der Waals surface area contributed by atoms with Crippen LogP contribution in [0.5, 0.6) is 0 Å². The van der Waals surface area contributed by atoms with Gasteiger partial charge in [-0.2, -0.15) is 0 Å². The normalized spacial score (nSPS) is 19.5. The molecule has 1 unspecified atom stereocenters. The molecule has 0 bridgehead atoms. The van der Waals surface area contributed by atoms with Crippen molar-refractivity contribution in [1.82, 2.24) is 10.2 Å². The molecule has 202 valence electrons. The molecule has 2 heterocycles. The molecule has 0 aliphatic carbocycles. The van der Waals surface area contributed by atoms with Gasteiger partial charge in [-0.05, 0) is 44.9 Å². The maximum absolute atomic E-state index is 13.0. The summed E-state index contributed by atoms with van der Waals surface area (Å²) in [6.45, 7) is 6.31. The SMILES string of the molecule is CCC(C)(C)OC(=O)N(CC(=O)NC1C(=O)N2C(C(=O)OCC(Cl)(Cl)Cl)=C(C)CS[C@@H]12)c1ccccc1. The molecule has 3 rings (SSSR count). The number of fused-ring (bicyclic) bond motifs is 1. The number of hydrogen-bond donors (Lipinski definition) is 1. The van der Waals surface area contributed by atoms with Crippen molar-refractivity contribution in [1.29, 1.82) is 0 Å². The fourth-order valence-electron chi connectivity index (χ4n) is 3.57. The van der Waals surface area contributed by atoms with Gasteiger partial charge in [-0.25, -0.2) is 9.59 Å². The van der Waals surface area contributed by atoms with Gasteiger partial charge in [0, 0.05) is 11.4 Å². The Morgan fingerprint density at radius 3 is 2.43 bits per heavy atom. The van der Waals surface area contributed by atoms with Crippen molar-refractivity contribution in [3.63, 3.8) is 0 Å². The minimum absolute atomic E-state index is 0.0739. The van der Waals surface area contributed by atoms with Gasteiger partial charge in [0.05, 0.1) is 0 Å². The molecule has 3 amide bonds. The summed E-state index contributed by atoms with van der Waals surface area (Å²) in [7, 11) is 0. The molecule has 0 spiro atoms. The molecule has 0 radical (unpaired) electrons. The fraction of sp³-hybridized carbons (Fsp3) is 0.500. The predicted molar refractivity (Wildman–Crippen MR) is 144 cm³/mol. The lowest BCUT2D eigenvalue weighted by Gasteiger charge is -2.49. The van der Waals surface area contributed by atoms with Crippen LogP contribution in [-0.4, -0.2) is 68.5 Å². The first kappa shape index (κ1) is 29.4. The summed E-state index contributed by atoms with van der Waals surface area (Å²) in [4.78, 5) is 54.1. The average molecular weight is 593 g/mol. The summed E-state index contributed by atoms with van der Waals surface area (Å²) < 4.78 is 8.88. The van der Waals surface area contributed by atoms with Crippen LogP contribution in [0, 0.1) is 0 Å². The van der Waals surface area contributed by atoms with Crippen LogP contribution >= 0.6 is 46.6 Å². The zero-order valence-electron chi connectivity index (χ0n) is 20.8. The summed E-state index contributed by atoms with van der Waals surface area (Å²) in [5.74, 6) is -1.39. The van der Waals surface area contributed by atoms with Crippen molar-refractivity contribution in [2.24, 2.45) is 0 Å². The number of rotatable bonds is 8. The van der Waals surface area contributed by atoms with Crippen LogP contribution in [0.1, 0.15) is 34.1 Å². The third-order valence-corrected chi connectivity index (χ3v) is 7.59. The van der Waals surface area contributed by atoms with Gasteiger partial charge >= 0.3 is 12.1 Å². The fourth-order valence-corrected chi connectivity index (χ4v) is 5.03. The highest BCUT2D eigenvalue weighted by atomic mass is 35.6. The Kier molecular flexibility index (Phi) is 9.32. The molecule has 37 heavy (non-hydrogen) atoms. The Bertz CT molecular complexity index is 1090. The Morgan fingerprint density at radius 2 is 1.84 bits per heavy atom. The Balaban J connectivity index is 1.70. The van der Waals surface area contributed by atoms with E-state index in [1.165, 1.54) is 21.6 Å². The van der Waals surface area contributed by atoms with Crippen LogP contribution in [-0.2, 0) is 23.9 Å². The third-order valence-electron chi connectivity index (χ3n) is 5.84. The van der Waals surface area contributed by atoms with E-state index in [1.807, 2.05) is 6.92 Å². The molecule has 1 aromatic carbocycles. The molecule has 2 aliphatic heterocycles. The summed E-state index contributed by atoms with van der Waals surface area (Å²) >= 11 is 18.4. The third kappa shape index (κ3) is 7.25. The maximum Gasteiger partial charge on any atom is 0.415 e. The number of halogens is 3. The minimum Gasteiger partial charge on any atom is -0.456 e. The van der Waals surface area contributed by atoms with Gasteiger partial charge in [0.15, 0.2) is 0 Å². The molecule has 1 aromatic rings. The standard InChI is InChI=1S/C24H28Cl3N3O6S/c1-5-23(3,4)36-22(34)29(15-9-7-6-8-10-15)11-16(31)28-17-19(32)30-18(14(2)12-37-20(17)30)21(33)35-13-24(25,26)27/h6-10,17,20H,5,11-13H2,1-4H3,(H,28,31)/t17?,20-/m0/s1. The number of ether oxygens (including phenoxy) is 2. The number of para-hydroxylation sites is 1. The lowest BCUT2D eigenvalue weighted by atomic mass is 10.0. The second-order valence-corrected chi connectivity index (χ2v) is 12.8. The Morgan fingerprint density at radius 1 is 1.19 bits per heavy atom. The van der Waals surface area contributed by atoms with E-state index < -0.39 is 51.3 Å². The molecule has 13 heteroatoms. The minimum atomic E-state index is -1.79. The van der Waals surface area contributed by atoms with Gasteiger partial charge in [-0.3, -0.25) is 19.4 Å². The first-order chi connectivity index (χ1) is 17.2. The highest BCUT2D eigenvalue weighted by molar-refractivity contribution is 8.00. The van der Waals surface area contributed by atoms with Crippen molar-refractivity contribution < 1.29 is 28.7 Å². The van der Waals surface area contributed by atoms with Crippen LogP contribution in [0.4, 0.5) is 10.5 Å². The number of nitrogens with one attached hydrogen (secondary N) is 1. The van der Waals surface area contributed by atoms with E-state index in [4.69, 9.17) is 44.3 Å². The number of anilines is 1. The van der Waals surface area contributed by atoms with Crippen LogP contribution < -0.4 is 10.2 Å². The highest BCUT2D eigenvalue weighted by Crippen LogP contribution is 2.40. The van der Waals surface area contributed by atoms with Crippen LogP contribution in [0.25, 0.3) is 0 Å². The summed E-state index contributed by atoms with van der Waals surface area (Å²) in [5, 5.41) is 2.17. The molecule has 0 saturated carbocycles. The lowest BCUT2D eigenvalue weighted by Crippen LogP contribution is -2.71. The van der Waals surface area contributed by atoms with Gasteiger partial charge in [0.1, 0.15) is 35.9 Å². The van der Waals surface area contributed by atoms with E-state index in [9.17, 15) is 19.2 Å². The Labute approximate surface area is 234 Å². The molecular formula is C24H28Cl3N3O6S. The summed E-state index contributed by atoms with van der Waals surface area (Å²) in [5.41, 5.74) is 0.449. The van der Waals surface area contributed by atoms with Gasteiger partial charge < -0.3 is 14.8 Å². The second-order valence-electron chi connectivity index (χ2n) is 9.18. The predicted octanol–water partition coefficient (Wildman–Crippen LogP) is 4.41. The zero-order chi connectivity index (χ0) is 27.5. The molecule has 2 atom stereocenters. The average Bonchev–Trinajstić information content (AvgIpc) is 2.84. The van der Waals surface area contributed by atoms with Gasteiger partial charge in [0.2, 0.25) is 9.70 Å². The topological polar surface area (TPSA) is 105 Å². The van der Waals surface area contributed by atoms with E-state index in [2.05, 4.69) is 5.32 Å². The Hall–Kier alpha value is -2.14. The largest absolute Gasteiger partial charge is 0.456 e. The number of nitrogens with zero attached hydrogens (tertiary/aromatic N) is 2. The van der Waals surface area contributed by atoms with Crippen molar-refractivity contribution in [2.75, 3.05) is 23.8 Å². The molecule has 1 saturated heterocycles. The van der Waals surface area contributed by atoms with E-state index in [-0.39, 0.29) is 12.2 Å². The number of esters is 1. The highest BCUT2D eigenvalue weighted by Gasteiger charge is 2.54. The second kappa shape index (κ2) is 11.7. The number of amides is 3. The number of carbonyl (C=O) groups excluding carboxylic acids is 4. The number of hydrogen-bond acceptors (Lipinski definition) is 7. The molecular weight excluding hydrogens is 565 g/mol. The van der Waals surface area contributed by atoms with Crippen LogP contribution in [0.15, 0.2) is 41.6 Å². The van der Waals surface area contributed by atoms with Gasteiger partial charge in [-0.1, -0.05) is 59.9 Å². The number of benzene rings is 1.